The average molecular weight is 299 g/mol. The van der Waals surface area contributed by atoms with Gasteiger partial charge in [0, 0.05) is 12.1 Å². The minimum Gasteiger partial charge on any atom is -0.493 e. The number of hydrogen-bond acceptors (Lipinski definition) is 4. The van der Waals surface area contributed by atoms with E-state index in [0.29, 0.717) is 11.5 Å². The first-order valence-corrected chi connectivity index (χ1v) is 7.40. The molecule has 3 rings (SSSR count). The molecule has 4 heteroatoms. The van der Waals surface area contributed by atoms with Gasteiger partial charge in [0.2, 0.25) is 5.75 Å². The summed E-state index contributed by atoms with van der Waals surface area (Å²) in [5.41, 5.74) is 3.59. The van der Waals surface area contributed by atoms with Crippen LogP contribution in [-0.4, -0.2) is 27.9 Å². The van der Waals surface area contributed by atoms with Gasteiger partial charge in [0.05, 0.1) is 27.4 Å². The highest BCUT2D eigenvalue weighted by atomic mass is 16.5. The number of methoxy groups -OCH3 is 3. The predicted octanol–water partition coefficient (Wildman–Crippen LogP) is 2.95. The van der Waals surface area contributed by atoms with Crippen molar-refractivity contribution in [3.05, 3.63) is 53.1 Å². The molecule has 116 valence electrons. The second-order valence-electron chi connectivity index (χ2n) is 5.27. The molecule has 0 radical (unpaired) electrons. The molecule has 1 aliphatic rings. The van der Waals surface area contributed by atoms with Gasteiger partial charge in [0.1, 0.15) is 0 Å². The number of rotatable bonds is 4. The molecule has 4 nitrogen and oxygen atoms in total. The maximum atomic E-state index is 5.68. The predicted molar refractivity (Wildman–Crippen MR) is 86.1 cm³/mol. The third-order valence-corrected chi connectivity index (χ3v) is 4.12. The van der Waals surface area contributed by atoms with Crippen LogP contribution in [0.3, 0.4) is 0 Å². The van der Waals surface area contributed by atoms with Gasteiger partial charge in [-0.1, -0.05) is 30.3 Å². The van der Waals surface area contributed by atoms with Gasteiger partial charge in [0.25, 0.3) is 0 Å². The first-order chi connectivity index (χ1) is 10.8. The summed E-state index contributed by atoms with van der Waals surface area (Å²) < 4.78 is 16.7. The van der Waals surface area contributed by atoms with Gasteiger partial charge in [-0.05, 0) is 23.6 Å². The second-order valence-corrected chi connectivity index (χ2v) is 5.27. The monoisotopic (exact) mass is 299 g/mol. The van der Waals surface area contributed by atoms with Crippen LogP contribution in [0, 0.1) is 0 Å². The van der Waals surface area contributed by atoms with E-state index in [4.69, 9.17) is 14.2 Å². The van der Waals surface area contributed by atoms with Crippen LogP contribution >= 0.6 is 0 Å². The summed E-state index contributed by atoms with van der Waals surface area (Å²) in [7, 11) is 4.97. The molecule has 0 aliphatic carbocycles. The zero-order valence-corrected chi connectivity index (χ0v) is 13.2. The number of ether oxygens (including phenoxy) is 3. The lowest BCUT2D eigenvalue weighted by Crippen LogP contribution is -2.31. The van der Waals surface area contributed by atoms with E-state index in [1.54, 1.807) is 21.3 Å². The van der Waals surface area contributed by atoms with Crippen molar-refractivity contribution in [1.82, 2.24) is 5.32 Å². The molecule has 0 aromatic heterocycles. The largest absolute Gasteiger partial charge is 0.493 e. The Morgan fingerprint density at radius 1 is 0.955 bits per heavy atom. The molecule has 1 unspecified atom stereocenters. The lowest BCUT2D eigenvalue weighted by atomic mass is 9.88. The SMILES string of the molecule is COc1cc2c(c(OC)c1OC)C(c1ccccc1)NCC2. The van der Waals surface area contributed by atoms with Gasteiger partial charge < -0.3 is 19.5 Å². The zero-order chi connectivity index (χ0) is 15.5. The second kappa shape index (κ2) is 6.28. The molecule has 22 heavy (non-hydrogen) atoms. The van der Waals surface area contributed by atoms with E-state index in [1.165, 1.54) is 11.1 Å². The topological polar surface area (TPSA) is 39.7 Å². The number of benzene rings is 2. The molecular weight excluding hydrogens is 278 g/mol. The minimum absolute atomic E-state index is 0.0970. The number of fused-ring (bicyclic) bond motifs is 1. The van der Waals surface area contributed by atoms with Crippen LogP contribution < -0.4 is 19.5 Å². The highest BCUT2D eigenvalue weighted by molar-refractivity contribution is 5.62. The first kappa shape index (κ1) is 14.7. The normalized spacial score (nSPS) is 16.8. The Morgan fingerprint density at radius 3 is 2.32 bits per heavy atom. The van der Waals surface area contributed by atoms with E-state index >= 15 is 0 Å². The van der Waals surface area contributed by atoms with Gasteiger partial charge in [-0.25, -0.2) is 0 Å². The van der Waals surface area contributed by atoms with Crippen LogP contribution in [0.1, 0.15) is 22.7 Å². The third-order valence-electron chi connectivity index (χ3n) is 4.12. The van der Waals surface area contributed by atoms with E-state index in [1.807, 2.05) is 6.07 Å². The van der Waals surface area contributed by atoms with Crippen molar-refractivity contribution >= 4 is 0 Å². The van der Waals surface area contributed by atoms with Crippen molar-refractivity contribution in [1.29, 1.82) is 0 Å². The van der Waals surface area contributed by atoms with Crippen molar-refractivity contribution < 1.29 is 14.2 Å². The molecule has 1 N–H and O–H groups in total. The summed E-state index contributed by atoms with van der Waals surface area (Å²) in [6.45, 7) is 0.922. The molecule has 1 atom stereocenters. The molecule has 2 aromatic carbocycles. The molecule has 0 amide bonds. The third kappa shape index (κ3) is 2.40. The lowest BCUT2D eigenvalue weighted by Gasteiger charge is -2.30. The Labute approximate surface area is 131 Å². The standard InChI is InChI=1S/C18H21NO3/c1-20-14-11-13-9-10-19-16(12-7-5-4-6-8-12)15(13)18(22-3)17(14)21-2/h4-8,11,16,19H,9-10H2,1-3H3. The van der Waals surface area contributed by atoms with E-state index < -0.39 is 0 Å². The van der Waals surface area contributed by atoms with Crippen molar-refractivity contribution in [2.75, 3.05) is 27.9 Å². The lowest BCUT2D eigenvalue weighted by molar-refractivity contribution is 0.318. The number of hydrogen-bond donors (Lipinski definition) is 1. The van der Waals surface area contributed by atoms with Gasteiger partial charge in [-0.15, -0.1) is 0 Å². The van der Waals surface area contributed by atoms with Crippen LogP contribution in [-0.2, 0) is 6.42 Å². The Bertz CT molecular complexity index is 655. The molecule has 0 saturated heterocycles. The quantitative estimate of drug-likeness (QED) is 0.942. The minimum atomic E-state index is 0.0970. The molecular formula is C18H21NO3. The Hall–Kier alpha value is -2.20. The van der Waals surface area contributed by atoms with Crippen molar-refractivity contribution in [3.63, 3.8) is 0 Å². The Balaban J connectivity index is 2.20. The average Bonchev–Trinajstić information content (AvgIpc) is 2.60. The van der Waals surface area contributed by atoms with Crippen LogP contribution in [0.5, 0.6) is 17.2 Å². The molecule has 0 spiro atoms. The molecule has 1 heterocycles. The summed E-state index contributed by atoms with van der Waals surface area (Å²) in [5, 5.41) is 3.58. The van der Waals surface area contributed by atoms with Crippen LogP contribution in [0.2, 0.25) is 0 Å². The van der Waals surface area contributed by atoms with E-state index in [-0.39, 0.29) is 6.04 Å². The van der Waals surface area contributed by atoms with Gasteiger partial charge in [-0.2, -0.15) is 0 Å². The Kier molecular flexibility index (Phi) is 4.20. The van der Waals surface area contributed by atoms with Crippen molar-refractivity contribution in [2.45, 2.75) is 12.5 Å². The smallest absolute Gasteiger partial charge is 0.203 e. The summed E-state index contributed by atoms with van der Waals surface area (Å²) in [4.78, 5) is 0. The summed E-state index contributed by atoms with van der Waals surface area (Å²) in [6, 6.07) is 12.6. The fraction of sp³-hybridized carbons (Fsp3) is 0.333. The fourth-order valence-electron chi connectivity index (χ4n) is 3.14. The maximum Gasteiger partial charge on any atom is 0.203 e. The Morgan fingerprint density at radius 2 is 1.68 bits per heavy atom. The molecule has 0 bridgehead atoms. The van der Waals surface area contributed by atoms with Gasteiger partial charge in [0.15, 0.2) is 11.5 Å². The summed E-state index contributed by atoms with van der Waals surface area (Å²) >= 11 is 0. The van der Waals surface area contributed by atoms with E-state index in [9.17, 15) is 0 Å². The van der Waals surface area contributed by atoms with Crippen LogP contribution in [0.25, 0.3) is 0 Å². The molecule has 0 saturated carbocycles. The van der Waals surface area contributed by atoms with Crippen molar-refractivity contribution in [2.24, 2.45) is 0 Å². The van der Waals surface area contributed by atoms with Crippen LogP contribution in [0.4, 0.5) is 0 Å². The first-order valence-electron chi connectivity index (χ1n) is 7.40. The van der Waals surface area contributed by atoms with E-state index in [0.717, 1.165) is 24.3 Å². The van der Waals surface area contributed by atoms with Crippen molar-refractivity contribution in [3.8, 4) is 17.2 Å². The summed E-state index contributed by atoms with van der Waals surface area (Å²) in [5.74, 6) is 2.11. The molecule has 0 fully saturated rings. The summed E-state index contributed by atoms with van der Waals surface area (Å²) in [6.07, 6.45) is 0.940. The van der Waals surface area contributed by atoms with Gasteiger partial charge in [-0.3, -0.25) is 0 Å². The highest BCUT2D eigenvalue weighted by Crippen LogP contribution is 2.46. The van der Waals surface area contributed by atoms with Crippen LogP contribution in [0.15, 0.2) is 36.4 Å². The fourth-order valence-corrected chi connectivity index (χ4v) is 3.14. The highest BCUT2D eigenvalue weighted by Gasteiger charge is 2.29. The molecule has 2 aromatic rings. The van der Waals surface area contributed by atoms with E-state index in [2.05, 4.69) is 35.6 Å². The zero-order valence-electron chi connectivity index (χ0n) is 13.2. The molecule has 1 aliphatic heterocycles. The maximum absolute atomic E-state index is 5.68. The van der Waals surface area contributed by atoms with Gasteiger partial charge >= 0.3 is 0 Å². The number of nitrogens with one attached hydrogen (secondary N) is 1.